The summed E-state index contributed by atoms with van der Waals surface area (Å²) in [6, 6.07) is 7.34. The highest BCUT2D eigenvalue weighted by molar-refractivity contribution is 6.00. The molecule has 29 heavy (non-hydrogen) atoms. The van der Waals surface area contributed by atoms with Gasteiger partial charge in [0.1, 0.15) is 11.2 Å². The van der Waals surface area contributed by atoms with Gasteiger partial charge in [-0.2, -0.15) is 5.10 Å². The Balaban J connectivity index is 1.33. The van der Waals surface area contributed by atoms with E-state index in [1.54, 1.807) is 16.8 Å². The molecule has 4 saturated carbocycles. The van der Waals surface area contributed by atoms with E-state index in [2.05, 4.69) is 10.1 Å². The van der Waals surface area contributed by atoms with Gasteiger partial charge in [0.15, 0.2) is 0 Å². The number of hydrogen-bond acceptors (Lipinski definition) is 3. The molecule has 0 spiro atoms. The molecule has 0 saturated heterocycles. The number of hydrogen-bond donors (Lipinski definition) is 1. The molecule has 2 heterocycles. The van der Waals surface area contributed by atoms with E-state index in [0.717, 1.165) is 24.3 Å². The third-order valence-corrected chi connectivity index (χ3v) is 7.69. The molecule has 0 atom stereocenters. The first-order valence-corrected chi connectivity index (χ1v) is 10.8. The minimum Gasteiger partial charge on any atom is -0.341 e. The third-order valence-electron chi connectivity index (χ3n) is 7.69. The van der Waals surface area contributed by atoms with E-state index in [-0.39, 0.29) is 11.5 Å². The zero-order chi connectivity index (χ0) is 19.8. The number of carbonyl (C=O) groups excluding carboxylic acids is 1. The van der Waals surface area contributed by atoms with Crippen molar-refractivity contribution in [3.05, 3.63) is 46.4 Å². The topological polar surface area (TPSA) is 70.5 Å². The second-order valence-corrected chi connectivity index (χ2v) is 9.87. The van der Waals surface area contributed by atoms with Gasteiger partial charge < -0.3 is 9.88 Å². The molecular formula is C23H26N4O2. The minimum absolute atomic E-state index is 0.0540. The van der Waals surface area contributed by atoms with Crippen molar-refractivity contribution < 1.29 is 4.79 Å². The average molecular weight is 390 g/mol. The zero-order valence-corrected chi connectivity index (χ0v) is 16.7. The highest BCUT2D eigenvalue weighted by Gasteiger charge is 2.51. The summed E-state index contributed by atoms with van der Waals surface area (Å²) in [4.78, 5) is 30.6. The maximum Gasteiger partial charge on any atom is 0.259 e. The summed E-state index contributed by atoms with van der Waals surface area (Å²) in [6.07, 6.45) is 9.61. The molecule has 7 rings (SSSR count). The van der Waals surface area contributed by atoms with E-state index in [0.29, 0.717) is 27.5 Å². The summed E-state index contributed by atoms with van der Waals surface area (Å²) >= 11 is 0. The molecule has 4 bridgehead atoms. The summed E-state index contributed by atoms with van der Waals surface area (Å²) in [7, 11) is 1.91. The van der Waals surface area contributed by atoms with Crippen LogP contribution in [0.15, 0.2) is 35.3 Å². The van der Waals surface area contributed by atoms with Crippen molar-refractivity contribution in [2.75, 3.05) is 13.6 Å². The van der Waals surface area contributed by atoms with E-state index >= 15 is 0 Å². The zero-order valence-electron chi connectivity index (χ0n) is 16.7. The minimum atomic E-state index is -0.189. The van der Waals surface area contributed by atoms with Crippen molar-refractivity contribution in [2.24, 2.45) is 23.2 Å². The normalized spacial score (nSPS) is 30.3. The summed E-state index contributed by atoms with van der Waals surface area (Å²) in [5, 5.41) is 4.99. The van der Waals surface area contributed by atoms with Gasteiger partial charge in [0, 0.05) is 13.6 Å². The number of amides is 1. The largest absolute Gasteiger partial charge is 0.341 e. The van der Waals surface area contributed by atoms with Gasteiger partial charge in [0.05, 0.1) is 17.1 Å². The molecule has 150 valence electrons. The predicted molar refractivity (Wildman–Crippen MR) is 111 cm³/mol. The Labute approximate surface area is 168 Å². The Hall–Kier alpha value is -2.63. The van der Waals surface area contributed by atoms with Crippen molar-refractivity contribution in [1.82, 2.24) is 19.5 Å². The van der Waals surface area contributed by atoms with Crippen molar-refractivity contribution >= 4 is 22.5 Å². The highest BCUT2D eigenvalue weighted by Crippen LogP contribution is 2.60. The van der Waals surface area contributed by atoms with Crippen LogP contribution in [0.5, 0.6) is 0 Å². The van der Waals surface area contributed by atoms with Crippen molar-refractivity contribution in [1.29, 1.82) is 0 Å². The molecule has 6 nitrogen and oxygen atoms in total. The van der Waals surface area contributed by atoms with Crippen molar-refractivity contribution in [2.45, 2.75) is 38.5 Å². The van der Waals surface area contributed by atoms with Crippen LogP contribution in [0.25, 0.3) is 16.6 Å². The van der Waals surface area contributed by atoms with Crippen LogP contribution in [0, 0.1) is 23.2 Å². The standard InChI is InChI=1S/C23H26N4O2/c1-26(13-23-9-14-6-15(10-23)8-16(7-14)11-23)22(29)18-12-24-27-19-5-3-2-4-17(19)21(28)25-20(18)27/h2-5,12,14-16H,6-11,13H2,1H3,(H,25,28). The van der Waals surface area contributed by atoms with Crippen LogP contribution in [0.2, 0.25) is 0 Å². The van der Waals surface area contributed by atoms with Gasteiger partial charge >= 0.3 is 0 Å². The van der Waals surface area contributed by atoms with Crippen LogP contribution in [0.4, 0.5) is 0 Å². The maximum absolute atomic E-state index is 13.3. The lowest BCUT2D eigenvalue weighted by atomic mass is 9.49. The molecule has 2 aromatic heterocycles. The lowest BCUT2D eigenvalue weighted by Crippen LogP contribution is -2.51. The third kappa shape index (κ3) is 2.57. The van der Waals surface area contributed by atoms with Gasteiger partial charge in [-0.1, -0.05) is 12.1 Å². The van der Waals surface area contributed by atoms with Crippen LogP contribution in [0.1, 0.15) is 48.9 Å². The number of fused-ring (bicyclic) bond motifs is 3. The molecule has 1 N–H and O–H groups in total. The fraction of sp³-hybridized carbons (Fsp3) is 0.522. The molecular weight excluding hydrogens is 364 g/mol. The molecule has 4 aliphatic carbocycles. The Morgan fingerprint density at radius 2 is 1.83 bits per heavy atom. The smallest absolute Gasteiger partial charge is 0.259 e. The second-order valence-electron chi connectivity index (χ2n) is 9.87. The van der Waals surface area contributed by atoms with Crippen LogP contribution < -0.4 is 5.56 Å². The first-order valence-electron chi connectivity index (χ1n) is 10.8. The number of aromatic nitrogens is 3. The molecule has 0 unspecified atom stereocenters. The summed E-state index contributed by atoms with van der Waals surface area (Å²) in [6.45, 7) is 0.810. The molecule has 0 aliphatic heterocycles. The van der Waals surface area contributed by atoms with Crippen LogP contribution >= 0.6 is 0 Å². The van der Waals surface area contributed by atoms with Crippen LogP contribution in [-0.4, -0.2) is 39.0 Å². The van der Waals surface area contributed by atoms with Crippen molar-refractivity contribution in [3.63, 3.8) is 0 Å². The number of H-pyrrole nitrogens is 1. The highest BCUT2D eigenvalue weighted by atomic mass is 16.2. The number of nitrogens with one attached hydrogen (secondary N) is 1. The van der Waals surface area contributed by atoms with E-state index < -0.39 is 0 Å². The molecule has 1 aromatic carbocycles. The molecule has 1 amide bonds. The number of rotatable bonds is 3. The summed E-state index contributed by atoms with van der Waals surface area (Å²) in [5.74, 6) is 2.54. The molecule has 4 fully saturated rings. The van der Waals surface area contributed by atoms with Crippen LogP contribution in [0.3, 0.4) is 0 Å². The fourth-order valence-electron chi connectivity index (χ4n) is 7.10. The average Bonchev–Trinajstić information content (AvgIpc) is 3.10. The van der Waals surface area contributed by atoms with Gasteiger partial charge in [-0.05, 0) is 73.8 Å². The van der Waals surface area contributed by atoms with Gasteiger partial charge in [-0.25, -0.2) is 4.52 Å². The van der Waals surface area contributed by atoms with Crippen molar-refractivity contribution in [3.8, 4) is 0 Å². The van der Waals surface area contributed by atoms with Gasteiger partial charge in [0.2, 0.25) is 0 Å². The second kappa shape index (κ2) is 5.94. The first kappa shape index (κ1) is 17.2. The number of benzene rings is 1. The Morgan fingerprint density at radius 1 is 1.17 bits per heavy atom. The quantitative estimate of drug-likeness (QED) is 0.744. The predicted octanol–water partition coefficient (Wildman–Crippen LogP) is 3.46. The molecule has 4 aliphatic rings. The Morgan fingerprint density at radius 3 is 2.52 bits per heavy atom. The van der Waals surface area contributed by atoms with E-state index in [9.17, 15) is 9.59 Å². The SMILES string of the molecule is CN(CC12CC3CC(CC(C3)C1)C2)C(=O)c1cnn2c1[nH]c(=O)c1ccccc12. The van der Waals surface area contributed by atoms with Gasteiger partial charge in [-0.3, -0.25) is 9.59 Å². The lowest BCUT2D eigenvalue weighted by Gasteiger charge is -2.57. The summed E-state index contributed by atoms with van der Waals surface area (Å²) in [5.41, 5.74) is 1.78. The van der Waals surface area contributed by atoms with Crippen LogP contribution in [-0.2, 0) is 0 Å². The van der Waals surface area contributed by atoms with Gasteiger partial charge in [0.25, 0.3) is 11.5 Å². The van der Waals surface area contributed by atoms with E-state index in [1.165, 1.54) is 38.5 Å². The number of nitrogens with zero attached hydrogens (tertiary/aromatic N) is 3. The molecule has 6 heteroatoms. The Bertz CT molecular complexity index is 1160. The Kier molecular flexibility index (Phi) is 3.53. The first-order chi connectivity index (χ1) is 14.0. The van der Waals surface area contributed by atoms with Gasteiger partial charge in [-0.15, -0.1) is 0 Å². The number of carbonyl (C=O) groups is 1. The van der Waals surface area contributed by atoms with E-state index in [4.69, 9.17) is 0 Å². The molecule has 0 radical (unpaired) electrons. The fourth-order valence-corrected chi connectivity index (χ4v) is 7.10. The molecule has 3 aromatic rings. The lowest BCUT2D eigenvalue weighted by molar-refractivity contribution is -0.0629. The number of para-hydroxylation sites is 1. The summed E-state index contributed by atoms with van der Waals surface area (Å²) < 4.78 is 1.67. The maximum atomic E-state index is 13.3. The monoisotopic (exact) mass is 390 g/mol. The number of aromatic amines is 1. The van der Waals surface area contributed by atoms with E-state index in [1.807, 2.05) is 30.1 Å².